The highest BCUT2D eigenvalue weighted by Gasteiger charge is 2.15. The molecule has 2 rings (SSSR count). The van der Waals surface area contributed by atoms with Crippen LogP contribution >= 0.6 is 0 Å². The summed E-state index contributed by atoms with van der Waals surface area (Å²) in [5.41, 5.74) is 9.10. The minimum Gasteiger partial charge on any atom is -0.438 e. The zero-order valence-corrected chi connectivity index (χ0v) is 9.53. The SMILES string of the molecule is Cc1cc(C)c2oc(C(O)CCN)nc2c1. The Hall–Kier alpha value is -1.39. The Morgan fingerprint density at radius 1 is 1.44 bits per heavy atom. The summed E-state index contributed by atoms with van der Waals surface area (Å²) in [5, 5.41) is 9.75. The van der Waals surface area contributed by atoms with Gasteiger partial charge in [-0.15, -0.1) is 0 Å². The fourth-order valence-corrected chi connectivity index (χ4v) is 1.82. The van der Waals surface area contributed by atoms with Gasteiger partial charge in [0.2, 0.25) is 5.89 Å². The van der Waals surface area contributed by atoms with Crippen molar-refractivity contribution in [2.75, 3.05) is 6.54 Å². The molecular weight excluding hydrogens is 204 g/mol. The summed E-state index contributed by atoms with van der Waals surface area (Å²) in [7, 11) is 0. The van der Waals surface area contributed by atoms with Crippen molar-refractivity contribution in [2.24, 2.45) is 5.73 Å². The van der Waals surface area contributed by atoms with Crippen molar-refractivity contribution in [1.29, 1.82) is 0 Å². The van der Waals surface area contributed by atoms with E-state index in [0.29, 0.717) is 18.9 Å². The van der Waals surface area contributed by atoms with Crippen LogP contribution in [0.15, 0.2) is 16.5 Å². The first-order valence-electron chi connectivity index (χ1n) is 5.37. The van der Waals surface area contributed by atoms with Crippen LogP contribution in [0.1, 0.15) is 29.5 Å². The van der Waals surface area contributed by atoms with Gasteiger partial charge in [0.1, 0.15) is 11.6 Å². The summed E-state index contributed by atoms with van der Waals surface area (Å²) in [4.78, 5) is 4.28. The molecule has 0 saturated heterocycles. The van der Waals surface area contributed by atoms with Crippen LogP contribution in [0.5, 0.6) is 0 Å². The standard InChI is InChI=1S/C12H16N2O2/c1-7-5-8(2)11-9(6-7)14-12(16-11)10(15)3-4-13/h5-6,10,15H,3-4,13H2,1-2H3. The van der Waals surface area contributed by atoms with Crippen LogP contribution in [0.2, 0.25) is 0 Å². The number of rotatable bonds is 3. The number of aliphatic hydroxyl groups excluding tert-OH is 1. The molecule has 0 spiro atoms. The van der Waals surface area contributed by atoms with Gasteiger partial charge in [0.15, 0.2) is 5.58 Å². The molecule has 3 N–H and O–H groups in total. The van der Waals surface area contributed by atoms with Gasteiger partial charge in [-0.2, -0.15) is 0 Å². The summed E-state index contributed by atoms with van der Waals surface area (Å²) in [6.07, 6.45) is -0.248. The number of benzene rings is 1. The van der Waals surface area contributed by atoms with E-state index in [0.717, 1.165) is 22.2 Å². The van der Waals surface area contributed by atoms with Gasteiger partial charge >= 0.3 is 0 Å². The van der Waals surface area contributed by atoms with E-state index in [4.69, 9.17) is 10.2 Å². The van der Waals surface area contributed by atoms with Crippen molar-refractivity contribution in [3.63, 3.8) is 0 Å². The summed E-state index contributed by atoms with van der Waals surface area (Å²) < 4.78 is 5.55. The highest BCUT2D eigenvalue weighted by molar-refractivity contribution is 5.77. The average molecular weight is 220 g/mol. The third-order valence-corrected chi connectivity index (χ3v) is 2.56. The third kappa shape index (κ3) is 1.94. The molecule has 16 heavy (non-hydrogen) atoms. The van der Waals surface area contributed by atoms with Gasteiger partial charge < -0.3 is 15.3 Å². The Balaban J connectivity index is 2.47. The Kier molecular flexibility index (Phi) is 2.94. The second-order valence-corrected chi connectivity index (χ2v) is 4.08. The Labute approximate surface area is 94.1 Å². The van der Waals surface area contributed by atoms with Crippen LogP contribution in [-0.2, 0) is 0 Å². The first-order valence-corrected chi connectivity index (χ1v) is 5.37. The first kappa shape index (κ1) is 11.1. The van der Waals surface area contributed by atoms with E-state index in [9.17, 15) is 5.11 Å². The van der Waals surface area contributed by atoms with Crippen molar-refractivity contribution < 1.29 is 9.52 Å². The number of nitrogens with two attached hydrogens (primary N) is 1. The van der Waals surface area contributed by atoms with E-state index in [-0.39, 0.29) is 0 Å². The minimum absolute atomic E-state index is 0.356. The van der Waals surface area contributed by atoms with Crippen LogP contribution in [0.4, 0.5) is 0 Å². The Morgan fingerprint density at radius 3 is 2.88 bits per heavy atom. The Morgan fingerprint density at radius 2 is 2.19 bits per heavy atom. The predicted octanol–water partition coefficient (Wildman–Crippen LogP) is 1.83. The predicted molar refractivity (Wildman–Crippen MR) is 62.1 cm³/mol. The van der Waals surface area contributed by atoms with E-state index in [1.54, 1.807) is 0 Å². The largest absolute Gasteiger partial charge is 0.438 e. The summed E-state index contributed by atoms with van der Waals surface area (Å²) >= 11 is 0. The zero-order valence-electron chi connectivity index (χ0n) is 9.53. The van der Waals surface area contributed by atoms with Gasteiger partial charge in [-0.1, -0.05) is 6.07 Å². The lowest BCUT2D eigenvalue weighted by atomic mass is 10.1. The fraction of sp³-hybridized carbons (Fsp3) is 0.417. The number of aryl methyl sites for hydroxylation is 2. The second-order valence-electron chi connectivity index (χ2n) is 4.08. The maximum Gasteiger partial charge on any atom is 0.224 e. The lowest BCUT2D eigenvalue weighted by Crippen LogP contribution is -2.06. The molecule has 1 heterocycles. The molecule has 0 aliphatic heterocycles. The molecule has 0 aliphatic carbocycles. The normalized spacial score (nSPS) is 13.2. The molecule has 0 saturated carbocycles. The van der Waals surface area contributed by atoms with Gasteiger partial charge in [-0.3, -0.25) is 0 Å². The van der Waals surface area contributed by atoms with E-state index in [1.165, 1.54) is 0 Å². The van der Waals surface area contributed by atoms with Crippen molar-refractivity contribution in [3.8, 4) is 0 Å². The summed E-state index contributed by atoms with van der Waals surface area (Å²) in [5.74, 6) is 0.356. The number of aromatic nitrogens is 1. The minimum atomic E-state index is -0.711. The van der Waals surface area contributed by atoms with E-state index in [1.807, 2.05) is 26.0 Å². The summed E-state index contributed by atoms with van der Waals surface area (Å²) in [6, 6.07) is 3.98. The summed E-state index contributed by atoms with van der Waals surface area (Å²) in [6.45, 7) is 4.40. The molecule has 1 aromatic carbocycles. The van der Waals surface area contributed by atoms with Crippen LogP contribution in [-0.4, -0.2) is 16.6 Å². The van der Waals surface area contributed by atoms with Gasteiger partial charge in [0.25, 0.3) is 0 Å². The quantitative estimate of drug-likeness (QED) is 0.827. The van der Waals surface area contributed by atoms with Crippen molar-refractivity contribution >= 4 is 11.1 Å². The lowest BCUT2D eigenvalue weighted by molar-refractivity contribution is 0.139. The third-order valence-electron chi connectivity index (χ3n) is 2.56. The maximum atomic E-state index is 9.75. The average Bonchev–Trinajstić information content (AvgIpc) is 2.62. The van der Waals surface area contributed by atoms with Crippen molar-refractivity contribution in [3.05, 3.63) is 29.2 Å². The van der Waals surface area contributed by atoms with Gasteiger partial charge in [0.05, 0.1) is 0 Å². The molecule has 4 heteroatoms. The van der Waals surface area contributed by atoms with Gasteiger partial charge in [-0.25, -0.2) is 4.98 Å². The smallest absolute Gasteiger partial charge is 0.224 e. The molecule has 1 aromatic heterocycles. The number of fused-ring (bicyclic) bond motifs is 1. The zero-order chi connectivity index (χ0) is 11.7. The molecule has 0 bridgehead atoms. The molecule has 0 amide bonds. The topological polar surface area (TPSA) is 72.3 Å². The molecule has 0 aliphatic rings. The maximum absolute atomic E-state index is 9.75. The highest BCUT2D eigenvalue weighted by Crippen LogP contribution is 2.25. The molecule has 0 radical (unpaired) electrons. The van der Waals surface area contributed by atoms with E-state index >= 15 is 0 Å². The van der Waals surface area contributed by atoms with Gasteiger partial charge in [0, 0.05) is 0 Å². The van der Waals surface area contributed by atoms with Gasteiger partial charge in [-0.05, 0) is 44.0 Å². The number of aliphatic hydroxyl groups is 1. The monoisotopic (exact) mass is 220 g/mol. The number of hydrogen-bond donors (Lipinski definition) is 2. The highest BCUT2D eigenvalue weighted by atomic mass is 16.4. The van der Waals surface area contributed by atoms with Crippen LogP contribution in [0.3, 0.4) is 0 Å². The Bertz CT molecular complexity index is 505. The first-order chi connectivity index (χ1) is 7.61. The molecule has 4 nitrogen and oxygen atoms in total. The second kappa shape index (κ2) is 4.23. The van der Waals surface area contributed by atoms with Crippen LogP contribution < -0.4 is 5.73 Å². The number of oxazole rings is 1. The van der Waals surface area contributed by atoms with Crippen molar-refractivity contribution in [2.45, 2.75) is 26.4 Å². The lowest BCUT2D eigenvalue weighted by Gasteiger charge is -2.02. The molecule has 86 valence electrons. The number of nitrogens with zero attached hydrogens (tertiary/aromatic N) is 1. The molecule has 2 aromatic rings. The molecule has 1 atom stereocenters. The molecular formula is C12H16N2O2. The molecule has 0 fully saturated rings. The van der Waals surface area contributed by atoms with Crippen LogP contribution in [0.25, 0.3) is 11.1 Å². The number of hydrogen-bond acceptors (Lipinski definition) is 4. The fourth-order valence-electron chi connectivity index (χ4n) is 1.82. The van der Waals surface area contributed by atoms with Crippen molar-refractivity contribution in [1.82, 2.24) is 4.98 Å². The van der Waals surface area contributed by atoms with E-state index in [2.05, 4.69) is 4.98 Å². The van der Waals surface area contributed by atoms with E-state index < -0.39 is 6.10 Å². The molecule has 1 unspecified atom stereocenters. The van der Waals surface area contributed by atoms with Crippen LogP contribution in [0, 0.1) is 13.8 Å².